The average Bonchev–Trinajstić information content (AvgIpc) is 2.49. The minimum Gasteiger partial charge on any atom is -0.358 e. The zero-order valence-electron chi connectivity index (χ0n) is 13.4. The minimum atomic E-state index is -1.67. The second kappa shape index (κ2) is 15.1. The van der Waals surface area contributed by atoms with E-state index < -0.39 is 13.5 Å². The van der Waals surface area contributed by atoms with E-state index in [0.717, 1.165) is 0 Å². The van der Waals surface area contributed by atoms with Gasteiger partial charge in [-0.1, -0.05) is 12.1 Å². The van der Waals surface area contributed by atoms with Gasteiger partial charge < -0.3 is 7.43 Å². The van der Waals surface area contributed by atoms with E-state index in [4.69, 9.17) is 19.4 Å². The van der Waals surface area contributed by atoms with E-state index in [9.17, 15) is 0 Å². The van der Waals surface area contributed by atoms with Crippen LogP contribution in [0.15, 0.2) is 67.3 Å². The number of allylic oxidation sites excluding steroid dienone is 1. The summed E-state index contributed by atoms with van der Waals surface area (Å²) in [5, 5.41) is 0. The Labute approximate surface area is 147 Å². The maximum absolute atomic E-state index is 5.55. The van der Waals surface area contributed by atoms with E-state index in [1.54, 1.807) is 24.8 Å². The maximum atomic E-state index is 5.55. The van der Waals surface area contributed by atoms with E-state index in [0.29, 0.717) is 0 Å². The Hall–Kier alpha value is -0.847. The summed E-state index contributed by atoms with van der Waals surface area (Å²) in [6, 6.07) is 11.4. The van der Waals surface area contributed by atoms with Gasteiger partial charge in [-0.25, -0.2) is 0 Å². The van der Waals surface area contributed by atoms with Crippen molar-refractivity contribution >= 4 is 23.6 Å². The number of nitrogens with zero attached hydrogens (tertiary/aromatic N) is 2. The van der Waals surface area contributed by atoms with Crippen molar-refractivity contribution in [2.45, 2.75) is 20.8 Å². The van der Waals surface area contributed by atoms with Gasteiger partial charge in [0.25, 0.3) is 0 Å². The summed E-state index contributed by atoms with van der Waals surface area (Å²) < 4.78 is 2.93. The molecular weight excluding hydrogens is 404 g/mol. The third-order valence-electron chi connectivity index (χ3n) is 1.69. The molecule has 2 aromatic rings. The molecule has 0 fully saturated rings. The zero-order valence-corrected chi connectivity index (χ0v) is 16.6. The first-order valence-corrected chi connectivity index (χ1v) is 11.6. The van der Waals surface area contributed by atoms with Gasteiger partial charge >= 0.3 is 69.4 Å². The predicted molar refractivity (Wildman–Crippen MR) is 95.6 cm³/mol. The SMILES string of the molecule is CC(C)(C)C=[C]=[Ru]([Cl])[Cl].[CH3-].c1ccncc1.c1ccncc1. The molecule has 0 aromatic carbocycles. The van der Waals surface area contributed by atoms with Crippen LogP contribution in [-0.4, -0.2) is 14.2 Å². The van der Waals surface area contributed by atoms with Gasteiger partial charge in [0, 0.05) is 24.8 Å². The second-order valence-electron chi connectivity index (χ2n) is 4.85. The fourth-order valence-electron chi connectivity index (χ4n) is 0.817. The molecule has 2 heterocycles. The van der Waals surface area contributed by atoms with E-state index in [1.165, 1.54) is 0 Å². The summed E-state index contributed by atoms with van der Waals surface area (Å²) in [5.41, 5.74) is 0.163. The first kappa shape index (κ1) is 23.4. The normalized spacial score (nSPS) is 9.41. The fourth-order valence-corrected chi connectivity index (χ4v) is 2.22. The van der Waals surface area contributed by atoms with Crippen LogP contribution in [0.5, 0.6) is 0 Å². The van der Waals surface area contributed by atoms with Crippen LogP contribution in [0.4, 0.5) is 0 Å². The average molecular weight is 427 g/mol. The number of hydrogen-bond acceptors (Lipinski definition) is 2. The summed E-state index contributed by atoms with van der Waals surface area (Å²) in [5.74, 6) is 0. The molecule has 2 nitrogen and oxygen atoms in total. The summed E-state index contributed by atoms with van der Waals surface area (Å²) in [7, 11) is 11.1. The quantitative estimate of drug-likeness (QED) is 0.408. The number of pyridine rings is 2. The Kier molecular flexibility index (Phi) is 16.0. The maximum Gasteiger partial charge on any atom is 0.0267 e. The molecule has 0 aliphatic heterocycles. The van der Waals surface area contributed by atoms with Gasteiger partial charge in [-0.15, -0.1) is 0 Å². The first-order chi connectivity index (χ1) is 9.92. The number of halogens is 2. The van der Waals surface area contributed by atoms with Crippen molar-refractivity contribution in [2.24, 2.45) is 5.41 Å². The fraction of sp³-hybridized carbons (Fsp3) is 0.235. The topological polar surface area (TPSA) is 25.8 Å². The molecule has 2 aromatic heterocycles. The van der Waals surface area contributed by atoms with Crippen molar-refractivity contribution in [1.29, 1.82) is 0 Å². The van der Waals surface area contributed by atoms with Crippen LogP contribution in [0.2, 0.25) is 0 Å². The van der Waals surface area contributed by atoms with Crippen molar-refractivity contribution in [3.8, 4) is 0 Å². The Bertz CT molecular complexity index is 430. The molecule has 0 radical (unpaired) electrons. The monoisotopic (exact) mass is 427 g/mol. The van der Waals surface area contributed by atoms with Crippen LogP contribution >= 0.6 is 19.4 Å². The molecule has 124 valence electrons. The van der Waals surface area contributed by atoms with Crippen LogP contribution in [-0.2, 0) is 13.5 Å². The molecule has 0 unspecified atom stereocenters. The zero-order chi connectivity index (χ0) is 16.0. The van der Waals surface area contributed by atoms with Gasteiger partial charge in [0.2, 0.25) is 0 Å². The standard InChI is InChI=1S/C6H10.2C5H5N.CH3.2ClH.Ru/c1-5-6(2,3)4;2*1-2-4-6-5-3-1;;;;/h5H,2-4H3;2*1-5H;1H3;2*1H;/q;;;-1;;;+2/p-2. The van der Waals surface area contributed by atoms with Crippen LogP contribution < -0.4 is 0 Å². The number of hydrogen-bond donors (Lipinski definition) is 0. The van der Waals surface area contributed by atoms with Crippen LogP contribution in [0.25, 0.3) is 0 Å². The van der Waals surface area contributed by atoms with Gasteiger partial charge in [0.1, 0.15) is 0 Å². The molecular formula is C17H23Cl2N2Ru-. The smallest absolute Gasteiger partial charge is 0.0267 e. The number of rotatable bonds is 0. The van der Waals surface area contributed by atoms with Crippen LogP contribution in [0.1, 0.15) is 20.8 Å². The van der Waals surface area contributed by atoms with E-state index in [1.807, 2.05) is 42.5 Å². The van der Waals surface area contributed by atoms with Crippen molar-refractivity contribution in [2.75, 3.05) is 0 Å². The predicted octanol–water partition coefficient (Wildman–Crippen LogP) is 5.53. The Morgan fingerprint density at radius 2 is 1.18 bits per heavy atom. The molecule has 0 aliphatic rings. The van der Waals surface area contributed by atoms with Gasteiger partial charge in [-0.05, 0) is 24.3 Å². The number of aromatic nitrogens is 2. The summed E-state index contributed by atoms with van der Waals surface area (Å²) in [6.07, 6.45) is 8.94. The third kappa shape index (κ3) is 21.5. The van der Waals surface area contributed by atoms with Crippen molar-refractivity contribution in [3.63, 3.8) is 0 Å². The van der Waals surface area contributed by atoms with Crippen LogP contribution in [0.3, 0.4) is 0 Å². The molecule has 5 heteroatoms. The summed E-state index contributed by atoms with van der Waals surface area (Å²) in [4.78, 5) is 7.57. The first-order valence-electron chi connectivity index (χ1n) is 6.22. The molecule has 0 atom stereocenters. The molecule has 0 spiro atoms. The molecule has 0 amide bonds. The van der Waals surface area contributed by atoms with Crippen LogP contribution in [0, 0.1) is 12.8 Å². The molecule has 0 saturated carbocycles. The molecule has 0 saturated heterocycles. The van der Waals surface area contributed by atoms with E-state index in [-0.39, 0.29) is 12.8 Å². The molecule has 22 heavy (non-hydrogen) atoms. The Morgan fingerprint density at radius 3 is 1.27 bits per heavy atom. The van der Waals surface area contributed by atoms with E-state index >= 15 is 0 Å². The summed E-state index contributed by atoms with van der Waals surface area (Å²) >= 11 is -1.67. The third-order valence-corrected chi connectivity index (χ3v) is 3.24. The molecule has 0 bridgehead atoms. The van der Waals surface area contributed by atoms with Crippen molar-refractivity contribution in [3.05, 3.63) is 74.7 Å². The molecule has 0 N–H and O–H groups in total. The van der Waals surface area contributed by atoms with Gasteiger partial charge in [-0.2, -0.15) is 0 Å². The molecule has 2 rings (SSSR count). The Balaban J connectivity index is 0. The van der Waals surface area contributed by atoms with Gasteiger partial charge in [0.05, 0.1) is 0 Å². The van der Waals surface area contributed by atoms with Crippen molar-refractivity contribution < 1.29 is 13.5 Å². The second-order valence-corrected chi connectivity index (χ2v) is 10.2. The summed E-state index contributed by atoms with van der Waals surface area (Å²) in [6.45, 7) is 6.27. The Morgan fingerprint density at radius 1 is 0.818 bits per heavy atom. The van der Waals surface area contributed by atoms with Gasteiger partial charge in [-0.3, -0.25) is 9.97 Å². The van der Waals surface area contributed by atoms with Crippen molar-refractivity contribution in [1.82, 2.24) is 9.97 Å². The minimum absolute atomic E-state index is 0. The molecule has 0 aliphatic carbocycles. The van der Waals surface area contributed by atoms with E-state index in [2.05, 4.69) is 35.0 Å². The largest absolute Gasteiger partial charge is 0.358 e. The van der Waals surface area contributed by atoms with Gasteiger partial charge in [0.15, 0.2) is 0 Å².